The summed E-state index contributed by atoms with van der Waals surface area (Å²) in [5.74, 6) is -0.689. The SMILES string of the molecule is O=C(COc1ccccc1F)NCCc1ccccn1. The Labute approximate surface area is 116 Å². The van der Waals surface area contributed by atoms with Crippen molar-refractivity contribution in [3.63, 3.8) is 0 Å². The van der Waals surface area contributed by atoms with E-state index in [1.165, 1.54) is 12.1 Å². The van der Waals surface area contributed by atoms with Crippen LogP contribution in [0.2, 0.25) is 0 Å². The Morgan fingerprint density at radius 2 is 2.00 bits per heavy atom. The average molecular weight is 274 g/mol. The third-order valence-electron chi connectivity index (χ3n) is 2.62. The van der Waals surface area contributed by atoms with Gasteiger partial charge in [-0.25, -0.2) is 4.39 Å². The van der Waals surface area contributed by atoms with Crippen molar-refractivity contribution in [3.8, 4) is 5.75 Å². The van der Waals surface area contributed by atoms with Gasteiger partial charge in [0.15, 0.2) is 18.2 Å². The third kappa shape index (κ3) is 4.35. The molecule has 0 unspecified atom stereocenters. The molecule has 1 aromatic heterocycles. The van der Waals surface area contributed by atoms with Crippen molar-refractivity contribution < 1.29 is 13.9 Å². The molecule has 0 saturated carbocycles. The standard InChI is InChI=1S/C15H15FN2O2/c16-13-6-1-2-7-14(13)20-11-15(19)18-10-8-12-5-3-4-9-17-12/h1-7,9H,8,10-11H2,(H,18,19). The van der Waals surface area contributed by atoms with Crippen LogP contribution in [-0.4, -0.2) is 24.0 Å². The van der Waals surface area contributed by atoms with Crippen molar-refractivity contribution in [2.24, 2.45) is 0 Å². The summed E-state index contributed by atoms with van der Waals surface area (Å²) < 4.78 is 18.3. The average Bonchev–Trinajstić information content (AvgIpc) is 2.47. The van der Waals surface area contributed by atoms with Crippen LogP contribution in [0.4, 0.5) is 4.39 Å². The van der Waals surface area contributed by atoms with E-state index in [9.17, 15) is 9.18 Å². The number of benzene rings is 1. The molecule has 0 spiro atoms. The second-order valence-corrected chi connectivity index (χ2v) is 4.14. The molecule has 2 rings (SSSR count). The fourth-order valence-corrected chi connectivity index (χ4v) is 1.63. The third-order valence-corrected chi connectivity index (χ3v) is 2.62. The summed E-state index contributed by atoms with van der Waals surface area (Å²) in [7, 11) is 0. The van der Waals surface area contributed by atoms with E-state index in [1.54, 1.807) is 18.3 Å². The van der Waals surface area contributed by atoms with Crippen LogP contribution in [0.3, 0.4) is 0 Å². The molecule has 0 radical (unpaired) electrons. The molecule has 0 bridgehead atoms. The second-order valence-electron chi connectivity index (χ2n) is 4.14. The van der Waals surface area contributed by atoms with Crippen molar-refractivity contribution in [1.82, 2.24) is 10.3 Å². The zero-order chi connectivity index (χ0) is 14.2. The first kappa shape index (κ1) is 14.0. The lowest BCUT2D eigenvalue weighted by atomic mass is 10.3. The van der Waals surface area contributed by atoms with Gasteiger partial charge in [-0.3, -0.25) is 9.78 Å². The Hall–Kier alpha value is -2.43. The van der Waals surface area contributed by atoms with E-state index in [1.807, 2.05) is 18.2 Å². The van der Waals surface area contributed by atoms with E-state index < -0.39 is 5.82 Å². The van der Waals surface area contributed by atoms with E-state index >= 15 is 0 Å². The van der Waals surface area contributed by atoms with Crippen LogP contribution >= 0.6 is 0 Å². The van der Waals surface area contributed by atoms with E-state index in [4.69, 9.17) is 4.74 Å². The number of para-hydroxylation sites is 1. The maximum Gasteiger partial charge on any atom is 0.257 e. The maximum atomic E-state index is 13.2. The summed E-state index contributed by atoms with van der Waals surface area (Å²) in [5, 5.41) is 2.69. The van der Waals surface area contributed by atoms with Gasteiger partial charge < -0.3 is 10.1 Å². The zero-order valence-electron chi connectivity index (χ0n) is 10.9. The quantitative estimate of drug-likeness (QED) is 0.876. The molecule has 104 valence electrons. The zero-order valence-corrected chi connectivity index (χ0v) is 10.9. The van der Waals surface area contributed by atoms with Crippen molar-refractivity contribution >= 4 is 5.91 Å². The lowest BCUT2D eigenvalue weighted by molar-refractivity contribution is -0.123. The first-order chi connectivity index (χ1) is 9.75. The van der Waals surface area contributed by atoms with Gasteiger partial charge in [0, 0.05) is 24.9 Å². The number of aromatic nitrogens is 1. The topological polar surface area (TPSA) is 51.2 Å². The fourth-order valence-electron chi connectivity index (χ4n) is 1.63. The van der Waals surface area contributed by atoms with Gasteiger partial charge in [-0.2, -0.15) is 0 Å². The maximum absolute atomic E-state index is 13.2. The largest absolute Gasteiger partial charge is 0.481 e. The Morgan fingerprint density at radius 3 is 2.75 bits per heavy atom. The van der Waals surface area contributed by atoms with Crippen molar-refractivity contribution in [3.05, 3.63) is 60.2 Å². The van der Waals surface area contributed by atoms with Gasteiger partial charge in [0.05, 0.1) is 0 Å². The normalized spacial score (nSPS) is 10.1. The molecule has 4 nitrogen and oxygen atoms in total. The molecule has 5 heteroatoms. The Kier molecular flexibility index (Phi) is 5.06. The van der Waals surface area contributed by atoms with Gasteiger partial charge in [-0.1, -0.05) is 18.2 Å². The number of hydrogen-bond donors (Lipinski definition) is 1. The number of nitrogens with zero attached hydrogens (tertiary/aromatic N) is 1. The molecule has 0 fully saturated rings. The minimum Gasteiger partial charge on any atom is -0.481 e. The van der Waals surface area contributed by atoms with E-state index in [-0.39, 0.29) is 18.3 Å². The number of amides is 1. The Bertz CT molecular complexity index is 561. The molecule has 0 aliphatic rings. The van der Waals surface area contributed by atoms with Gasteiger partial charge in [0.25, 0.3) is 5.91 Å². The molecule has 1 N–H and O–H groups in total. The van der Waals surface area contributed by atoms with E-state index in [0.29, 0.717) is 13.0 Å². The van der Waals surface area contributed by atoms with Gasteiger partial charge in [-0.05, 0) is 24.3 Å². The number of halogens is 1. The highest BCUT2D eigenvalue weighted by Crippen LogP contribution is 2.14. The summed E-state index contributed by atoms with van der Waals surface area (Å²) in [6.07, 6.45) is 2.35. The van der Waals surface area contributed by atoms with E-state index in [2.05, 4.69) is 10.3 Å². The van der Waals surface area contributed by atoms with Gasteiger partial charge in [-0.15, -0.1) is 0 Å². The smallest absolute Gasteiger partial charge is 0.257 e. The summed E-state index contributed by atoms with van der Waals surface area (Å²) in [4.78, 5) is 15.7. The number of rotatable bonds is 6. The monoisotopic (exact) mass is 274 g/mol. The number of hydrogen-bond acceptors (Lipinski definition) is 3. The van der Waals surface area contributed by atoms with Crippen LogP contribution in [0.1, 0.15) is 5.69 Å². The molecule has 1 amide bonds. The molecule has 20 heavy (non-hydrogen) atoms. The predicted octanol–water partition coefficient (Wildman–Crippen LogP) is 1.96. The van der Waals surface area contributed by atoms with Crippen LogP contribution in [0.25, 0.3) is 0 Å². The Balaban J connectivity index is 1.70. The number of carbonyl (C=O) groups excluding carboxylic acids is 1. The highest BCUT2D eigenvalue weighted by atomic mass is 19.1. The summed E-state index contributed by atoms with van der Waals surface area (Å²) in [6.45, 7) is 0.264. The van der Waals surface area contributed by atoms with Crippen molar-refractivity contribution in [2.45, 2.75) is 6.42 Å². The second kappa shape index (κ2) is 7.23. The van der Waals surface area contributed by atoms with Crippen LogP contribution in [0.5, 0.6) is 5.75 Å². The van der Waals surface area contributed by atoms with Crippen LogP contribution in [0.15, 0.2) is 48.7 Å². The van der Waals surface area contributed by atoms with Crippen molar-refractivity contribution in [2.75, 3.05) is 13.2 Å². The molecular weight excluding hydrogens is 259 g/mol. The first-order valence-electron chi connectivity index (χ1n) is 6.29. The summed E-state index contributed by atoms with van der Waals surface area (Å²) >= 11 is 0. The van der Waals surface area contributed by atoms with Crippen LogP contribution in [-0.2, 0) is 11.2 Å². The molecule has 1 aromatic carbocycles. The predicted molar refractivity (Wildman–Crippen MR) is 72.8 cm³/mol. The summed E-state index contributed by atoms with van der Waals surface area (Å²) in [6, 6.07) is 11.6. The number of pyridine rings is 1. The highest BCUT2D eigenvalue weighted by Gasteiger charge is 2.05. The summed E-state index contributed by atoms with van der Waals surface area (Å²) in [5.41, 5.74) is 0.905. The van der Waals surface area contributed by atoms with Crippen LogP contribution < -0.4 is 10.1 Å². The van der Waals surface area contributed by atoms with Crippen LogP contribution in [0, 0.1) is 5.82 Å². The Morgan fingerprint density at radius 1 is 1.20 bits per heavy atom. The molecule has 0 aliphatic carbocycles. The number of carbonyl (C=O) groups is 1. The van der Waals surface area contributed by atoms with E-state index in [0.717, 1.165) is 5.69 Å². The van der Waals surface area contributed by atoms with Gasteiger partial charge in [0.2, 0.25) is 0 Å². The minimum atomic E-state index is -0.478. The lowest BCUT2D eigenvalue weighted by Gasteiger charge is -2.07. The first-order valence-corrected chi connectivity index (χ1v) is 6.29. The molecule has 2 aromatic rings. The minimum absolute atomic E-state index is 0.0763. The molecule has 0 aliphatic heterocycles. The van der Waals surface area contributed by atoms with Gasteiger partial charge >= 0.3 is 0 Å². The molecular formula is C15H15FN2O2. The number of ether oxygens (including phenoxy) is 1. The fraction of sp³-hybridized carbons (Fsp3) is 0.200. The van der Waals surface area contributed by atoms with Gasteiger partial charge in [0.1, 0.15) is 0 Å². The van der Waals surface area contributed by atoms with Crippen molar-refractivity contribution in [1.29, 1.82) is 0 Å². The number of nitrogens with one attached hydrogen (secondary N) is 1. The molecule has 0 atom stereocenters. The molecule has 1 heterocycles. The highest BCUT2D eigenvalue weighted by molar-refractivity contribution is 5.77. The lowest BCUT2D eigenvalue weighted by Crippen LogP contribution is -2.30. The molecule has 0 saturated heterocycles.